The highest BCUT2D eigenvalue weighted by molar-refractivity contribution is 5.25. The highest BCUT2D eigenvalue weighted by atomic mass is 15.3. The van der Waals surface area contributed by atoms with Gasteiger partial charge in [-0.15, -0.1) is 5.10 Å². The lowest BCUT2D eigenvalue weighted by molar-refractivity contribution is 0.590. The van der Waals surface area contributed by atoms with Crippen molar-refractivity contribution in [1.82, 2.24) is 25.0 Å². The Balaban J connectivity index is 1.82. The molecule has 0 aliphatic carbocycles. The summed E-state index contributed by atoms with van der Waals surface area (Å²) in [5, 5.41) is 15.7. The molecule has 2 aromatic heterocycles. The molecular formula is C13H20N6. The first kappa shape index (κ1) is 13.5. The van der Waals surface area contributed by atoms with E-state index in [4.69, 9.17) is 0 Å². The summed E-state index contributed by atoms with van der Waals surface area (Å²) in [6, 6.07) is 1.93. The summed E-state index contributed by atoms with van der Waals surface area (Å²) in [5.74, 6) is 0.620. The molecule has 0 unspecified atom stereocenters. The first-order valence-electron chi connectivity index (χ1n) is 6.77. The molecule has 0 aromatic carbocycles. The molecule has 6 nitrogen and oxygen atoms in total. The molecule has 0 fully saturated rings. The van der Waals surface area contributed by atoms with Gasteiger partial charge in [0, 0.05) is 25.5 Å². The number of nitrogens with one attached hydrogen (secondary N) is 1. The smallest absolute Gasteiger partial charge is 0.242 e. The molecule has 2 heterocycles. The van der Waals surface area contributed by atoms with Crippen LogP contribution in [0.2, 0.25) is 0 Å². The summed E-state index contributed by atoms with van der Waals surface area (Å²) >= 11 is 0. The second-order valence-electron chi connectivity index (χ2n) is 4.29. The fourth-order valence-corrected chi connectivity index (χ4v) is 1.89. The average molecular weight is 260 g/mol. The van der Waals surface area contributed by atoms with Crippen LogP contribution >= 0.6 is 0 Å². The van der Waals surface area contributed by atoms with E-state index in [1.807, 2.05) is 16.9 Å². The SMILES string of the molecule is CCc1nnc(NCCCn2cccn2)nc1CC. The second-order valence-corrected chi connectivity index (χ2v) is 4.29. The number of anilines is 1. The van der Waals surface area contributed by atoms with Crippen molar-refractivity contribution in [2.75, 3.05) is 11.9 Å². The molecule has 0 spiro atoms. The average Bonchev–Trinajstić information content (AvgIpc) is 2.96. The van der Waals surface area contributed by atoms with E-state index in [9.17, 15) is 0 Å². The molecule has 1 N–H and O–H groups in total. The van der Waals surface area contributed by atoms with E-state index in [-0.39, 0.29) is 0 Å². The summed E-state index contributed by atoms with van der Waals surface area (Å²) in [4.78, 5) is 4.49. The van der Waals surface area contributed by atoms with Crippen molar-refractivity contribution in [2.45, 2.75) is 39.7 Å². The molecule has 0 bridgehead atoms. The Morgan fingerprint density at radius 2 is 2.00 bits per heavy atom. The van der Waals surface area contributed by atoms with Gasteiger partial charge in [0.15, 0.2) is 0 Å². The van der Waals surface area contributed by atoms with Gasteiger partial charge in [0.2, 0.25) is 5.95 Å². The lowest BCUT2D eigenvalue weighted by Crippen LogP contribution is -2.12. The number of rotatable bonds is 7. The first-order chi connectivity index (χ1) is 9.33. The van der Waals surface area contributed by atoms with E-state index < -0.39 is 0 Å². The highest BCUT2D eigenvalue weighted by Gasteiger charge is 2.05. The van der Waals surface area contributed by atoms with Gasteiger partial charge in [0.05, 0.1) is 11.4 Å². The van der Waals surface area contributed by atoms with Crippen LogP contribution in [0.4, 0.5) is 5.95 Å². The van der Waals surface area contributed by atoms with Crippen molar-refractivity contribution in [1.29, 1.82) is 0 Å². The van der Waals surface area contributed by atoms with Gasteiger partial charge in [0.1, 0.15) is 0 Å². The number of aromatic nitrogens is 5. The summed E-state index contributed by atoms with van der Waals surface area (Å²) in [5.41, 5.74) is 2.02. The topological polar surface area (TPSA) is 68.5 Å². The third kappa shape index (κ3) is 3.74. The van der Waals surface area contributed by atoms with Crippen LogP contribution in [0, 0.1) is 0 Å². The van der Waals surface area contributed by atoms with Crippen LogP contribution in [0.1, 0.15) is 31.7 Å². The molecule has 0 aliphatic rings. The Morgan fingerprint density at radius 1 is 1.16 bits per heavy atom. The molecule has 0 amide bonds. The highest BCUT2D eigenvalue weighted by Crippen LogP contribution is 2.06. The summed E-state index contributed by atoms with van der Waals surface area (Å²) in [6.07, 6.45) is 6.49. The van der Waals surface area contributed by atoms with E-state index in [1.165, 1.54) is 0 Å². The van der Waals surface area contributed by atoms with Crippen molar-refractivity contribution in [3.8, 4) is 0 Å². The molecule has 2 rings (SSSR count). The van der Waals surface area contributed by atoms with Crippen molar-refractivity contribution < 1.29 is 0 Å². The van der Waals surface area contributed by atoms with Crippen LogP contribution in [0.25, 0.3) is 0 Å². The van der Waals surface area contributed by atoms with Crippen molar-refractivity contribution >= 4 is 5.95 Å². The molecule has 0 saturated carbocycles. The fourth-order valence-electron chi connectivity index (χ4n) is 1.89. The zero-order chi connectivity index (χ0) is 13.5. The van der Waals surface area contributed by atoms with E-state index in [0.717, 1.165) is 43.7 Å². The number of hydrogen-bond acceptors (Lipinski definition) is 5. The number of aryl methyl sites for hydroxylation is 3. The van der Waals surface area contributed by atoms with Crippen LogP contribution in [-0.2, 0) is 19.4 Å². The maximum absolute atomic E-state index is 4.49. The summed E-state index contributed by atoms with van der Waals surface area (Å²) in [7, 11) is 0. The normalized spacial score (nSPS) is 10.6. The second kappa shape index (κ2) is 6.82. The van der Waals surface area contributed by atoms with Gasteiger partial charge in [-0.2, -0.15) is 10.2 Å². The minimum atomic E-state index is 0.620. The number of nitrogens with zero attached hydrogens (tertiary/aromatic N) is 5. The Bertz CT molecular complexity index is 494. The Labute approximate surface area is 113 Å². The van der Waals surface area contributed by atoms with E-state index >= 15 is 0 Å². The fraction of sp³-hybridized carbons (Fsp3) is 0.538. The molecule has 6 heteroatoms. The number of hydrogen-bond donors (Lipinski definition) is 1. The standard InChI is InChI=1S/C13H20N6/c1-3-11-12(4-2)17-18-13(16-11)14-7-5-9-19-10-6-8-15-19/h6,8,10H,3-5,7,9H2,1-2H3,(H,14,16,18). The van der Waals surface area contributed by atoms with E-state index in [2.05, 4.69) is 39.4 Å². The third-order valence-corrected chi connectivity index (χ3v) is 2.92. The van der Waals surface area contributed by atoms with Crippen LogP contribution in [0.5, 0.6) is 0 Å². The Hall–Kier alpha value is -1.98. The van der Waals surface area contributed by atoms with Gasteiger partial charge in [-0.1, -0.05) is 13.8 Å². The van der Waals surface area contributed by atoms with E-state index in [1.54, 1.807) is 6.20 Å². The zero-order valence-electron chi connectivity index (χ0n) is 11.5. The largest absolute Gasteiger partial charge is 0.353 e. The Morgan fingerprint density at radius 3 is 2.68 bits per heavy atom. The van der Waals surface area contributed by atoms with Crippen LogP contribution < -0.4 is 5.32 Å². The maximum atomic E-state index is 4.49. The monoisotopic (exact) mass is 260 g/mol. The molecular weight excluding hydrogens is 240 g/mol. The van der Waals surface area contributed by atoms with E-state index in [0.29, 0.717) is 5.95 Å². The van der Waals surface area contributed by atoms with Crippen LogP contribution in [0.15, 0.2) is 18.5 Å². The molecule has 19 heavy (non-hydrogen) atoms. The van der Waals surface area contributed by atoms with Gasteiger partial charge >= 0.3 is 0 Å². The molecule has 102 valence electrons. The van der Waals surface area contributed by atoms with Gasteiger partial charge in [-0.05, 0) is 25.3 Å². The quantitative estimate of drug-likeness (QED) is 0.767. The zero-order valence-corrected chi connectivity index (χ0v) is 11.5. The maximum Gasteiger partial charge on any atom is 0.242 e. The van der Waals surface area contributed by atoms with Gasteiger partial charge < -0.3 is 5.32 Å². The summed E-state index contributed by atoms with van der Waals surface area (Å²) in [6.45, 7) is 5.87. The molecule has 0 saturated heterocycles. The lowest BCUT2D eigenvalue weighted by Gasteiger charge is -2.07. The van der Waals surface area contributed by atoms with Gasteiger partial charge in [-0.3, -0.25) is 4.68 Å². The van der Waals surface area contributed by atoms with Crippen LogP contribution in [-0.4, -0.2) is 31.5 Å². The lowest BCUT2D eigenvalue weighted by atomic mass is 10.2. The summed E-state index contributed by atoms with van der Waals surface area (Å²) < 4.78 is 1.92. The van der Waals surface area contributed by atoms with Crippen LogP contribution in [0.3, 0.4) is 0 Å². The van der Waals surface area contributed by atoms with Crippen molar-refractivity contribution in [2.24, 2.45) is 0 Å². The van der Waals surface area contributed by atoms with Gasteiger partial charge in [0.25, 0.3) is 0 Å². The molecule has 2 aromatic rings. The van der Waals surface area contributed by atoms with Crippen molar-refractivity contribution in [3.63, 3.8) is 0 Å². The molecule has 0 aliphatic heterocycles. The molecule has 0 atom stereocenters. The Kier molecular flexibility index (Phi) is 4.83. The predicted molar refractivity (Wildman–Crippen MR) is 73.9 cm³/mol. The first-order valence-corrected chi connectivity index (χ1v) is 6.77. The van der Waals surface area contributed by atoms with Crippen molar-refractivity contribution in [3.05, 3.63) is 29.8 Å². The third-order valence-electron chi connectivity index (χ3n) is 2.92. The molecule has 0 radical (unpaired) electrons. The predicted octanol–water partition coefficient (Wildman–Crippen LogP) is 1.70. The van der Waals surface area contributed by atoms with Gasteiger partial charge in [-0.25, -0.2) is 4.98 Å². The minimum Gasteiger partial charge on any atom is -0.353 e. The minimum absolute atomic E-state index is 0.620.